The van der Waals surface area contributed by atoms with Crippen LogP contribution in [0.25, 0.3) is 22.0 Å². The number of halogens is 2. The Labute approximate surface area is 136 Å². The van der Waals surface area contributed by atoms with E-state index < -0.39 is 0 Å². The fourth-order valence-electron chi connectivity index (χ4n) is 3.09. The Morgan fingerprint density at radius 3 is 2.91 bits per heavy atom. The summed E-state index contributed by atoms with van der Waals surface area (Å²) in [4.78, 5) is 12.0. The summed E-state index contributed by atoms with van der Waals surface area (Å²) in [6.45, 7) is 0.842. The summed E-state index contributed by atoms with van der Waals surface area (Å²) in [5.41, 5.74) is 3.90. The van der Waals surface area contributed by atoms with Gasteiger partial charge in [-0.2, -0.15) is 5.10 Å². The second-order valence-electron chi connectivity index (χ2n) is 5.25. The lowest BCUT2D eigenvalue weighted by Gasteiger charge is -2.07. The van der Waals surface area contributed by atoms with Crippen molar-refractivity contribution in [1.82, 2.24) is 20.1 Å². The van der Waals surface area contributed by atoms with Crippen molar-refractivity contribution in [2.24, 2.45) is 0 Å². The fourth-order valence-corrected chi connectivity index (χ4v) is 3.51. The number of hydrogen-bond donors (Lipinski definition) is 2. The van der Waals surface area contributed by atoms with E-state index in [1.54, 1.807) is 12.3 Å². The zero-order valence-corrected chi connectivity index (χ0v) is 13.0. The lowest BCUT2D eigenvalue weighted by molar-refractivity contribution is -0.121. The van der Waals surface area contributed by atoms with E-state index in [1.807, 2.05) is 16.8 Å². The summed E-state index contributed by atoms with van der Waals surface area (Å²) in [7, 11) is 0. The second kappa shape index (κ2) is 5.04. The van der Waals surface area contributed by atoms with Crippen molar-refractivity contribution in [3.05, 3.63) is 40.3 Å². The molecule has 0 bridgehead atoms. The third-order valence-corrected chi connectivity index (χ3v) is 4.79. The molecule has 1 aliphatic rings. The van der Waals surface area contributed by atoms with Crippen LogP contribution in [0.15, 0.2) is 24.5 Å². The molecule has 3 aromatic rings. The minimum Gasteiger partial charge on any atom is -0.354 e. The largest absolute Gasteiger partial charge is 0.354 e. The Balaban J connectivity index is 2.13. The standard InChI is InChI=1S/C15H12Cl2N4O/c16-10-2-1-9-13(8-5-19-20-6-8)11-3-4-18-12(22)7-21(11)15(9)14(10)17/h1-2,5-6H,3-4,7H2,(H,18,22)(H,19,20). The lowest BCUT2D eigenvalue weighted by Crippen LogP contribution is -2.25. The summed E-state index contributed by atoms with van der Waals surface area (Å²) in [5, 5.41) is 11.7. The number of rotatable bonds is 1. The topological polar surface area (TPSA) is 62.7 Å². The molecule has 0 saturated heterocycles. The molecule has 0 atom stereocenters. The SMILES string of the molecule is O=C1Cn2c(c(-c3cn[nH]c3)c3ccc(Cl)c(Cl)c32)CCN1. The van der Waals surface area contributed by atoms with E-state index in [9.17, 15) is 4.79 Å². The number of amides is 1. The molecule has 2 aromatic heterocycles. The molecule has 7 heteroatoms. The summed E-state index contributed by atoms with van der Waals surface area (Å²) >= 11 is 12.6. The number of carbonyl (C=O) groups excluding carboxylic acids is 1. The van der Waals surface area contributed by atoms with Crippen molar-refractivity contribution in [2.75, 3.05) is 6.54 Å². The van der Waals surface area contributed by atoms with Crippen LogP contribution in [0.2, 0.25) is 10.0 Å². The molecular formula is C15H12Cl2N4O. The molecule has 112 valence electrons. The molecular weight excluding hydrogens is 323 g/mol. The molecule has 4 rings (SSSR count). The average molecular weight is 335 g/mol. The maximum atomic E-state index is 12.0. The van der Waals surface area contributed by atoms with E-state index in [4.69, 9.17) is 23.2 Å². The van der Waals surface area contributed by atoms with E-state index >= 15 is 0 Å². The maximum absolute atomic E-state index is 12.0. The minimum atomic E-state index is -0.0227. The van der Waals surface area contributed by atoms with Crippen LogP contribution in [0, 0.1) is 0 Å². The first-order chi connectivity index (χ1) is 10.7. The predicted octanol–water partition coefficient (Wildman–Crippen LogP) is 3.01. The molecule has 0 spiro atoms. The van der Waals surface area contributed by atoms with E-state index in [0.717, 1.165) is 34.1 Å². The monoisotopic (exact) mass is 334 g/mol. The molecule has 1 aliphatic heterocycles. The molecule has 0 aliphatic carbocycles. The van der Waals surface area contributed by atoms with Crippen LogP contribution < -0.4 is 5.32 Å². The highest BCUT2D eigenvalue weighted by atomic mass is 35.5. The highest BCUT2D eigenvalue weighted by molar-refractivity contribution is 6.45. The number of nitrogens with zero attached hydrogens (tertiary/aromatic N) is 2. The van der Waals surface area contributed by atoms with Crippen LogP contribution in [0.4, 0.5) is 0 Å². The van der Waals surface area contributed by atoms with Crippen LogP contribution in [-0.4, -0.2) is 27.2 Å². The van der Waals surface area contributed by atoms with Gasteiger partial charge in [-0.25, -0.2) is 0 Å². The number of hydrogen-bond acceptors (Lipinski definition) is 2. The summed E-state index contributed by atoms with van der Waals surface area (Å²) in [6.07, 6.45) is 4.35. The van der Waals surface area contributed by atoms with Gasteiger partial charge in [0.2, 0.25) is 5.91 Å². The Morgan fingerprint density at radius 1 is 1.27 bits per heavy atom. The van der Waals surface area contributed by atoms with Gasteiger partial charge in [-0.15, -0.1) is 0 Å². The number of nitrogens with one attached hydrogen (secondary N) is 2. The van der Waals surface area contributed by atoms with Gasteiger partial charge in [0, 0.05) is 41.4 Å². The van der Waals surface area contributed by atoms with Gasteiger partial charge < -0.3 is 9.88 Å². The minimum absolute atomic E-state index is 0.0227. The van der Waals surface area contributed by atoms with Crippen molar-refractivity contribution >= 4 is 40.0 Å². The van der Waals surface area contributed by atoms with Crippen LogP contribution in [-0.2, 0) is 17.8 Å². The van der Waals surface area contributed by atoms with Gasteiger partial charge in [0.05, 0.1) is 21.8 Å². The van der Waals surface area contributed by atoms with Gasteiger partial charge in [-0.05, 0) is 6.07 Å². The van der Waals surface area contributed by atoms with Gasteiger partial charge in [0.15, 0.2) is 0 Å². The first-order valence-electron chi connectivity index (χ1n) is 6.91. The van der Waals surface area contributed by atoms with Gasteiger partial charge >= 0.3 is 0 Å². The Hall–Kier alpha value is -1.98. The summed E-state index contributed by atoms with van der Waals surface area (Å²) in [6, 6.07) is 3.74. The van der Waals surface area contributed by atoms with Crippen LogP contribution in [0.5, 0.6) is 0 Å². The van der Waals surface area contributed by atoms with Crippen molar-refractivity contribution in [2.45, 2.75) is 13.0 Å². The van der Waals surface area contributed by atoms with Gasteiger partial charge in [0.1, 0.15) is 6.54 Å². The average Bonchev–Trinajstić information content (AvgIpc) is 3.06. The number of H-pyrrole nitrogens is 1. The first-order valence-corrected chi connectivity index (χ1v) is 7.67. The molecule has 0 fully saturated rings. The van der Waals surface area contributed by atoms with Crippen LogP contribution >= 0.6 is 23.2 Å². The smallest absolute Gasteiger partial charge is 0.239 e. The predicted molar refractivity (Wildman–Crippen MR) is 86.3 cm³/mol. The third-order valence-electron chi connectivity index (χ3n) is 4.00. The molecule has 2 N–H and O–H groups in total. The van der Waals surface area contributed by atoms with E-state index in [2.05, 4.69) is 15.5 Å². The molecule has 5 nitrogen and oxygen atoms in total. The Bertz CT molecular complexity index is 883. The van der Waals surface area contributed by atoms with E-state index in [1.165, 1.54) is 0 Å². The Morgan fingerprint density at radius 2 is 2.14 bits per heavy atom. The number of aromatic amines is 1. The first kappa shape index (κ1) is 13.7. The van der Waals surface area contributed by atoms with Crippen molar-refractivity contribution in [3.63, 3.8) is 0 Å². The zero-order chi connectivity index (χ0) is 15.3. The van der Waals surface area contributed by atoms with Crippen molar-refractivity contribution in [1.29, 1.82) is 0 Å². The second-order valence-corrected chi connectivity index (χ2v) is 6.04. The van der Waals surface area contributed by atoms with Crippen molar-refractivity contribution in [3.8, 4) is 11.1 Å². The van der Waals surface area contributed by atoms with Crippen LogP contribution in [0.1, 0.15) is 5.69 Å². The molecule has 1 aromatic carbocycles. The molecule has 1 amide bonds. The maximum Gasteiger partial charge on any atom is 0.239 e. The fraction of sp³-hybridized carbons (Fsp3) is 0.200. The molecule has 0 unspecified atom stereocenters. The zero-order valence-electron chi connectivity index (χ0n) is 11.5. The molecule has 0 saturated carbocycles. The number of aromatic nitrogens is 3. The normalized spacial score (nSPS) is 14.7. The van der Waals surface area contributed by atoms with Gasteiger partial charge in [0.25, 0.3) is 0 Å². The lowest BCUT2D eigenvalue weighted by atomic mass is 10.0. The summed E-state index contributed by atoms with van der Waals surface area (Å²) in [5.74, 6) is -0.0227. The number of benzene rings is 1. The third kappa shape index (κ3) is 1.93. The number of carbonyl (C=O) groups is 1. The van der Waals surface area contributed by atoms with E-state index in [0.29, 0.717) is 16.6 Å². The highest BCUT2D eigenvalue weighted by Crippen LogP contribution is 2.41. The van der Waals surface area contributed by atoms with E-state index in [-0.39, 0.29) is 12.5 Å². The van der Waals surface area contributed by atoms with Crippen molar-refractivity contribution < 1.29 is 4.79 Å². The molecule has 3 heterocycles. The quantitative estimate of drug-likeness (QED) is 0.718. The summed E-state index contributed by atoms with van der Waals surface area (Å²) < 4.78 is 1.97. The van der Waals surface area contributed by atoms with Gasteiger partial charge in [-0.1, -0.05) is 29.3 Å². The van der Waals surface area contributed by atoms with Crippen LogP contribution in [0.3, 0.4) is 0 Å². The number of fused-ring (bicyclic) bond motifs is 3. The van der Waals surface area contributed by atoms with Gasteiger partial charge in [-0.3, -0.25) is 9.89 Å². The Kier molecular flexibility index (Phi) is 3.13. The molecule has 22 heavy (non-hydrogen) atoms. The molecule has 0 radical (unpaired) electrons. The highest BCUT2D eigenvalue weighted by Gasteiger charge is 2.24.